The Labute approximate surface area is 29.7 Å². The summed E-state index contributed by atoms with van der Waals surface area (Å²) in [5.41, 5.74) is 0. The first-order valence-electron chi connectivity index (χ1n) is 1.12. The van der Waals surface area contributed by atoms with Crippen molar-refractivity contribution in [1.82, 2.24) is 0 Å². The molecule has 0 spiro atoms. The Hall–Kier alpha value is -1.79. The minimum absolute atomic E-state index is 0. The molecule has 0 aliphatic heterocycles. The van der Waals surface area contributed by atoms with Crippen LogP contribution in [-0.2, 0) is 4.79 Å². The van der Waals surface area contributed by atoms with Crippen molar-refractivity contribution in [3.63, 3.8) is 0 Å². The maximum absolute atomic E-state index is 9.25. The number of carbonyl (C=O) groups is 1. The van der Waals surface area contributed by atoms with E-state index in [0.29, 0.717) is 0 Å². The van der Waals surface area contributed by atoms with Gasteiger partial charge in [-0.05, 0) is 0 Å². The van der Waals surface area contributed by atoms with Crippen LogP contribution in [0, 0.1) is 0 Å². The molecule has 0 fully saturated rings. The first kappa shape index (κ1) is 8.88. The first-order chi connectivity index (χ1) is 2.27. The number of carboxylic acid groups (broad SMARTS) is 1. The third-order valence-corrected chi connectivity index (χ3v) is 0.175. The third kappa shape index (κ3) is 73.4. The zero-order valence-corrected chi connectivity index (χ0v) is 9.75. The fourth-order valence-electron chi connectivity index (χ4n) is 0. The number of hydrogen-bond acceptors (Lipinski definition) is 1. The first-order valence-corrected chi connectivity index (χ1v) is 1.12. The van der Waals surface area contributed by atoms with Gasteiger partial charge < -0.3 is 5.11 Å². The molecule has 30 valence electrons. The standard InChI is InChI=1S/C3H4O2.Rf/c1-2-3(4)5;/h2H,1H2,(H,4,5);. The molecule has 0 heterocycles. The van der Waals surface area contributed by atoms with E-state index >= 15 is 0 Å². The van der Waals surface area contributed by atoms with Crippen LogP contribution in [0.1, 0.15) is 0 Å². The molecule has 1 N–H and O–H groups in total. The van der Waals surface area contributed by atoms with Gasteiger partial charge in [0.1, 0.15) is 0 Å². The molecule has 0 saturated carbocycles. The van der Waals surface area contributed by atoms with Crippen LogP contribution in [0.2, 0.25) is 0 Å². The Morgan fingerprint density at radius 3 is 2.00 bits per heavy atom. The summed E-state index contributed by atoms with van der Waals surface area (Å²) in [5.74, 6) is -0.981. The van der Waals surface area contributed by atoms with E-state index in [-0.39, 0.29) is 0 Å². The van der Waals surface area contributed by atoms with E-state index in [4.69, 9.17) is 5.11 Å². The molecule has 0 aliphatic carbocycles. The van der Waals surface area contributed by atoms with Gasteiger partial charge in [0.05, 0.1) is 0 Å². The van der Waals surface area contributed by atoms with Crippen LogP contribution in [0.3, 0.4) is 0 Å². The minimum Gasteiger partial charge on any atom is -0.478 e. The molecule has 6 heavy (non-hydrogen) atoms. The smallest absolute Gasteiger partial charge is 0.327 e. The van der Waals surface area contributed by atoms with Gasteiger partial charge in [-0.2, -0.15) is 0 Å². The second kappa shape index (κ2) is 3.21. The SMILES string of the molecule is C=CC(=O)O.[Rf]. The van der Waals surface area contributed by atoms with Crippen molar-refractivity contribution in [2.75, 3.05) is 0 Å². The van der Waals surface area contributed by atoms with E-state index in [9.17, 15) is 4.79 Å². The van der Waals surface area contributed by atoms with Crippen molar-refractivity contribution in [2.24, 2.45) is 0 Å². The number of hydrogen-bond donors (Lipinski definition) is 1. The van der Waals surface area contributed by atoms with E-state index < -0.39 is 5.97 Å². The molecule has 0 aliphatic rings. The largest absolute Gasteiger partial charge is 0.478 e. The monoisotopic (exact) mass is 339 g/mol. The van der Waals surface area contributed by atoms with Crippen LogP contribution >= 0.6 is 0 Å². The quantitative estimate of drug-likeness (QED) is 0.696. The van der Waals surface area contributed by atoms with Gasteiger partial charge in [-0.1, -0.05) is 6.58 Å². The summed E-state index contributed by atoms with van der Waals surface area (Å²) in [4.78, 5) is 9.25. The Balaban J connectivity index is 0. The van der Waals surface area contributed by atoms with Crippen molar-refractivity contribution in [2.45, 2.75) is 0 Å². The molecule has 2 nitrogen and oxygen atoms in total. The van der Waals surface area contributed by atoms with Crippen LogP contribution in [0.4, 0.5) is 0 Å². The van der Waals surface area contributed by atoms with E-state index in [0.717, 1.165) is 6.08 Å². The molecule has 0 aromatic heterocycles. The molecule has 0 bridgehead atoms. The molecule has 0 saturated heterocycles. The Bertz CT molecular complexity index is 59.8. The van der Waals surface area contributed by atoms with Crippen LogP contribution in [0.15, 0.2) is 12.7 Å². The number of aliphatic carboxylic acids is 1. The van der Waals surface area contributed by atoms with Gasteiger partial charge in [0, 0.05) is 6.08 Å². The predicted molar refractivity (Wildman–Crippen MR) is 17.8 cm³/mol. The maximum atomic E-state index is 9.25. The Morgan fingerprint density at radius 1 is 1.83 bits per heavy atom. The topological polar surface area (TPSA) is 37.3 Å². The van der Waals surface area contributed by atoms with Crippen molar-refractivity contribution in [3.8, 4) is 0 Å². The van der Waals surface area contributed by atoms with Gasteiger partial charge in [-0.15, -0.1) is 0 Å². The second-order valence-electron chi connectivity index (χ2n) is 0.542. The van der Waals surface area contributed by atoms with Crippen molar-refractivity contribution >= 4 is 5.97 Å². The summed E-state index contributed by atoms with van der Waals surface area (Å²) in [6.45, 7) is 2.96. The number of carboxylic acids is 1. The van der Waals surface area contributed by atoms with E-state index in [1.54, 1.807) is 0 Å². The summed E-state index contributed by atoms with van der Waals surface area (Å²) in [7, 11) is 0. The summed E-state index contributed by atoms with van der Waals surface area (Å²) in [6.07, 6.45) is 0.833. The molecule has 0 amide bonds. The van der Waals surface area contributed by atoms with Crippen LogP contribution in [0.25, 0.3) is 0 Å². The summed E-state index contributed by atoms with van der Waals surface area (Å²) in [5, 5.41) is 7.60. The van der Waals surface area contributed by atoms with Gasteiger partial charge in [0.25, 0.3) is 0 Å². The summed E-state index contributed by atoms with van der Waals surface area (Å²) < 4.78 is 0. The molecule has 0 atom stereocenters. The minimum atomic E-state index is -0.981. The van der Waals surface area contributed by atoms with Gasteiger partial charge in [-0.3, -0.25) is 0 Å². The normalized spacial score (nSPS) is 5.33. The molecule has 0 radical (unpaired) electrons. The summed E-state index contributed by atoms with van der Waals surface area (Å²) >= 11 is 0. The Morgan fingerprint density at radius 2 is 2.00 bits per heavy atom. The van der Waals surface area contributed by atoms with Gasteiger partial charge in [0.2, 0.25) is 0 Å². The molecular weight excluding hydrogens is 335 g/mol. The molecule has 0 rings (SSSR count). The molecule has 0 aromatic carbocycles. The van der Waals surface area contributed by atoms with Crippen LogP contribution in [-0.4, -0.2) is 11.1 Å². The molecule has 3 heteroatoms. The van der Waals surface area contributed by atoms with Gasteiger partial charge in [0.15, 0.2) is 0 Å². The van der Waals surface area contributed by atoms with E-state index in [2.05, 4.69) is 6.58 Å². The maximum Gasteiger partial charge on any atom is 0.327 e. The predicted octanol–water partition coefficient (Wildman–Crippen LogP) is 0.257. The molecule has 0 aromatic rings. The van der Waals surface area contributed by atoms with E-state index in [1.807, 2.05) is 0 Å². The van der Waals surface area contributed by atoms with Crippen LogP contribution < -0.4 is 0 Å². The van der Waals surface area contributed by atoms with E-state index in [1.165, 1.54) is 0 Å². The van der Waals surface area contributed by atoms with Gasteiger partial charge in [-0.25, -0.2) is 4.79 Å². The number of rotatable bonds is 1. The van der Waals surface area contributed by atoms with Crippen molar-refractivity contribution in [3.05, 3.63) is 12.7 Å². The second-order valence-corrected chi connectivity index (χ2v) is 0.542. The fourth-order valence-corrected chi connectivity index (χ4v) is 0. The fraction of sp³-hybridized carbons (Fsp3) is 0. The molecule has 0 unspecified atom stereocenters. The Kier molecular flexibility index (Phi) is 4.75. The van der Waals surface area contributed by atoms with Crippen molar-refractivity contribution in [1.29, 1.82) is 0 Å². The average Bonchev–Trinajstić information content (AvgIpc) is 1.38. The van der Waals surface area contributed by atoms with Crippen LogP contribution in [0.5, 0.6) is 0 Å². The zero-order chi connectivity index (χ0) is 4.28. The van der Waals surface area contributed by atoms with Gasteiger partial charge >= 0.3 is 5.97 Å². The summed E-state index contributed by atoms with van der Waals surface area (Å²) in [6, 6.07) is 0. The zero-order valence-electron chi connectivity index (χ0n) is 3.35. The van der Waals surface area contributed by atoms with Crippen molar-refractivity contribution < 1.29 is 9.90 Å². The third-order valence-electron chi connectivity index (χ3n) is 0.175. The molecular formula is C3H4O2Rf. The average molecular weight is 339 g/mol.